The van der Waals surface area contributed by atoms with Crippen LogP contribution in [0.15, 0.2) is 83.3 Å². The van der Waals surface area contributed by atoms with E-state index >= 15 is 0 Å². The summed E-state index contributed by atoms with van der Waals surface area (Å²) in [5, 5.41) is 3.07. The van der Waals surface area contributed by atoms with Crippen LogP contribution >= 0.6 is 15.9 Å². The number of nitrogens with zero attached hydrogens (tertiary/aromatic N) is 1. The molecule has 0 spiro atoms. The van der Waals surface area contributed by atoms with Crippen molar-refractivity contribution in [2.45, 2.75) is 52.2 Å². The van der Waals surface area contributed by atoms with E-state index < -0.39 is 11.6 Å². The third-order valence-electron chi connectivity index (χ3n) is 5.36. The highest BCUT2D eigenvalue weighted by Crippen LogP contribution is 2.19. The standard InChI is InChI=1S/C29H33BrN2O3/c1-21-10-8-15-25(16-21)35-20-27(33)32(19-23-13-9-14-24(30)17-23)26(28(34)31-29(2,3)4)18-22-11-6-5-7-12-22/h5-17,26H,18-20H2,1-4H3,(H,31,34). The third-order valence-corrected chi connectivity index (χ3v) is 5.86. The molecule has 0 heterocycles. The number of hydrogen-bond donors (Lipinski definition) is 1. The molecule has 5 nitrogen and oxygen atoms in total. The first-order chi connectivity index (χ1) is 16.6. The first-order valence-electron chi connectivity index (χ1n) is 11.7. The normalized spacial score (nSPS) is 12.0. The van der Waals surface area contributed by atoms with Crippen LogP contribution < -0.4 is 10.1 Å². The van der Waals surface area contributed by atoms with Gasteiger partial charge in [-0.1, -0.05) is 70.5 Å². The van der Waals surface area contributed by atoms with E-state index in [-0.39, 0.29) is 25.0 Å². The number of rotatable bonds is 9. The Morgan fingerprint density at radius 3 is 2.29 bits per heavy atom. The number of carbonyl (C=O) groups is 2. The van der Waals surface area contributed by atoms with Gasteiger partial charge in [0.05, 0.1) is 0 Å². The summed E-state index contributed by atoms with van der Waals surface area (Å²) in [7, 11) is 0. The Hall–Kier alpha value is -3.12. The number of halogens is 1. The molecule has 0 bridgehead atoms. The van der Waals surface area contributed by atoms with Gasteiger partial charge in [0.15, 0.2) is 6.61 Å². The fraction of sp³-hybridized carbons (Fsp3) is 0.310. The van der Waals surface area contributed by atoms with Crippen molar-refractivity contribution in [2.75, 3.05) is 6.61 Å². The minimum atomic E-state index is -0.704. The summed E-state index contributed by atoms with van der Waals surface area (Å²) in [4.78, 5) is 28.8. The van der Waals surface area contributed by atoms with Gasteiger partial charge in [-0.3, -0.25) is 9.59 Å². The monoisotopic (exact) mass is 536 g/mol. The molecule has 0 aromatic heterocycles. The quantitative estimate of drug-likeness (QED) is 0.382. The molecule has 0 saturated heterocycles. The van der Waals surface area contributed by atoms with Crippen molar-refractivity contribution in [3.63, 3.8) is 0 Å². The lowest BCUT2D eigenvalue weighted by Crippen LogP contribution is -2.55. The van der Waals surface area contributed by atoms with Gasteiger partial charge >= 0.3 is 0 Å². The lowest BCUT2D eigenvalue weighted by Gasteiger charge is -2.33. The molecule has 3 aromatic carbocycles. The summed E-state index contributed by atoms with van der Waals surface area (Å²) in [5.74, 6) is 0.177. The molecule has 0 aliphatic heterocycles. The molecule has 1 unspecified atom stereocenters. The Morgan fingerprint density at radius 2 is 1.63 bits per heavy atom. The number of benzene rings is 3. The van der Waals surface area contributed by atoms with Crippen LogP contribution in [0.5, 0.6) is 5.75 Å². The molecule has 0 radical (unpaired) electrons. The van der Waals surface area contributed by atoms with E-state index in [0.29, 0.717) is 12.2 Å². The molecular weight excluding hydrogens is 504 g/mol. The maximum absolute atomic E-state index is 13.6. The van der Waals surface area contributed by atoms with Crippen LogP contribution in [0.3, 0.4) is 0 Å². The number of amides is 2. The Kier molecular flexibility index (Phi) is 9.10. The van der Waals surface area contributed by atoms with E-state index in [4.69, 9.17) is 4.74 Å². The second-order valence-electron chi connectivity index (χ2n) is 9.70. The van der Waals surface area contributed by atoms with Crippen molar-refractivity contribution in [1.29, 1.82) is 0 Å². The van der Waals surface area contributed by atoms with E-state index in [2.05, 4.69) is 21.2 Å². The van der Waals surface area contributed by atoms with Gasteiger partial charge in [0.2, 0.25) is 5.91 Å². The lowest BCUT2D eigenvalue weighted by atomic mass is 10.0. The van der Waals surface area contributed by atoms with Crippen molar-refractivity contribution >= 4 is 27.7 Å². The largest absolute Gasteiger partial charge is 0.484 e. The number of aryl methyl sites for hydroxylation is 1. The SMILES string of the molecule is Cc1cccc(OCC(=O)N(Cc2cccc(Br)c2)C(Cc2ccccc2)C(=O)NC(C)(C)C)c1. The maximum atomic E-state index is 13.6. The zero-order valence-corrected chi connectivity index (χ0v) is 22.3. The predicted octanol–water partition coefficient (Wildman–Crippen LogP) is 5.69. The van der Waals surface area contributed by atoms with Crippen LogP contribution in [0.4, 0.5) is 0 Å². The summed E-state index contributed by atoms with van der Waals surface area (Å²) in [6, 6.07) is 24.4. The minimum Gasteiger partial charge on any atom is -0.484 e. The van der Waals surface area contributed by atoms with Crippen molar-refractivity contribution in [3.8, 4) is 5.75 Å². The highest BCUT2D eigenvalue weighted by molar-refractivity contribution is 9.10. The Labute approximate surface area is 216 Å². The third kappa shape index (κ3) is 8.55. The van der Waals surface area contributed by atoms with Crippen LogP contribution in [0.2, 0.25) is 0 Å². The zero-order chi connectivity index (χ0) is 25.4. The van der Waals surface area contributed by atoms with Crippen LogP contribution in [0, 0.1) is 6.92 Å². The molecule has 184 valence electrons. The smallest absolute Gasteiger partial charge is 0.261 e. The van der Waals surface area contributed by atoms with Crippen molar-refractivity contribution in [2.24, 2.45) is 0 Å². The van der Waals surface area contributed by atoms with Crippen molar-refractivity contribution < 1.29 is 14.3 Å². The molecule has 0 fully saturated rings. The maximum Gasteiger partial charge on any atom is 0.261 e. The Balaban J connectivity index is 1.93. The Morgan fingerprint density at radius 1 is 0.943 bits per heavy atom. The molecule has 0 saturated carbocycles. The van der Waals surface area contributed by atoms with Gasteiger partial charge < -0.3 is 15.0 Å². The average Bonchev–Trinajstić information content (AvgIpc) is 2.79. The summed E-state index contributed by atoms with van der Waals surface area (Å²) >= 11 is 3.51. The van der Waals surface area contributed by atoms with Gasteiger partial charge in [0.25, 0.3) is 5.91 Å². The molecule has 1 atom stereocenters. The lowest BCUT2D eigenvalue weighted by molar-refractivity contribution is -0.143. The second kappa shape index (κ2) is 12.0. The van der Waals surface area contributed by atoms with Crippen LogP contribution in [-0.2, 0) is 22.6 Å². The van der Waals surface area contributed by atoms with Crippen LogP contribution in [-0.4, -0.2) is 34.9 Å². The molecule has 2 amide bonds. The van der Waals surface area contributed by atoms with E-state index in [9.17, 15) is 9.59 Å². The molecule has 1 N–H and O–H groups in total. The van der Waals surface area contributed by atoms with Gasteiger partial charge in [-0.2, -0.15) is 0 Å². The first-order valence-corrected chi connectivity index (χ1v) is 12.5. The van der Waals surface area contributed by atoms with E-state index in [1.807, 2.05) is 107 Å². The van der Waals surface area contributed by atoms with Crippen LogP contribution in [0.25, 0.3) is 0 Å². The second-order valence-corrected chi connectivity index (χ2v) is 10.6. The Bertz CT molecular complexity index is 1140. The topological polar surface area (TPSA) is 58.6 Å². The van der Waals surface area contributed by atoms with Crippen LogP contribution in [0.1, 0.15) is 37.5 Å². The van der Waals surface area contributed by atoms with Gasteiger partial charge in [0, 0.05) is 23.0 Å². The fourth-order valence-corrected chi connectivity index (χ4v) is 4.22. The highest BCUT2D eigenvalue weighted by atomic mass is 79.9. The average molecular weight is 537 g/mol. The predicted molar refractivity (Wildman–Crippen MR) is 143 cm³/mol. The van der Waals surface area contributed by atoms with Gasteiger partial charge in [0.1, 0.15) is 11.8 Å². The molecular formula is C29H33BrN2O3. The summed E-state index contributed by atoms with van der Waals surface area (Å²) in [6.45, 7) is 7.90. The number of ether oxygens (including phenoxy) is 1. The van der Waals surface area contributed by atoms with Crippen molar-refractivity contribution in [1.82, 2.24) is 10.2 Å². The van der Waals surface area contributed by atoms with Gasteiger partial charge in [-0.05, 0) is 68.7 Å². The molecule has 0 aliphatic rings. The van der Waals surface area contributed by atoms with E-state index in [0.717, 1.165) is 21.2 Å². The summed E-state index contributed by atoms with van der Waals surface area (Å²) < 4.78 is 6.75. The molecule has 3 rings (SSSR count). The van der Waals surface area contributed by atoms with Gasteiger partial charge in [-0.25, -0.2) is 0 Å². The summed E-state index contributed by atoms with van der Waals surface area (Å²) in [5.41, 5.74) is 2.51. The molecule has 0 aliphatic carbocycles. The highest BCUT2D eigenvalue weighted by Gasteiger charge is 2.32. The zero-order valence-electron chi connectivity index (χ0n) is 20.8. The minimum absolute atomic E-state index is 0.161. The number of carbonyl (C=O) groups excluding carboxylic acids is 2. The molecule has 3 aromatic rings. The summed E-state index contributed by atoms with van der Waals surface area (Å²) in [6.07, 6.45) is 0.396. The van der Waals surface area contributed by atoms with E-state index in [1.165, 1.54) is 0 Å². The molecule has 35 heavy (non-hydrogen) atoms. The van der Waals surface area contributed by atoms with E-state index in [1.54, 1.807) is 4.90 Å². The van der Waals surface area contributed by atoms with Gasteiger partial charge in [-0.15, -0.1) is 0 Å². The first kappa shape index (κ1) is 26.5. The number of hydrogen-bond acceptors (Lipinski definition) is 3. The number of nitrogens with one attached hydrogen (secondary N) is 1. The molecule has 6 heteroatoms. The van der Waals surface area contributed by atoms with Crippen molar-refractivity contribution in [3.05, 3.63) is 100 Å². The fourth-order valence-electron chi connectivity index (χ4n) is 3.77.